The van der Waals surface area contributed by atoms with Gasteiger partial charge in [-0.25, -0.2) is 0 Å². The number of phenolic OH excluding ortho intramolecular Hbond substituents is 7. The third-order valence-electron chi connectivity index (χ3n) is 6.79. The largest absolute Gasteiger partial charge is 0.508 e. The maximum Gasteiger partial charge on any atom is 0.166 e. The predicted molar refractivity (Wildman–Crippen MR) is 132 cm³/mol. The highest BCUT2D eigenvalue weighted by Crippen LogP contribution is 2.59. The lowest BCUT2D eigenvalue weighted by atomic mass is 9.81. The first-order valence-corrected chi connectivity index (χ1v) is 11.2. The number of aliphatic hydroxyl groups excluding tert-OH is 1. The Kier molecular flexibility index (Phi) is 4.70. The van der Waals surface area contributed by atoms with Crippen molar-refractivity contribution < 1.29 is 45.3 Å². The fraction of sp³-hybridized carbons (Fsp3) is 0.0714. The van der Waals surface area contributed by atoms with Crippen LogP contribution in [0.25, 0.3) is 33.4 Å². The van der Waals surface area contributed by atoms with E-state index in [1.165, 1.54) is 42.5 Å². The fourth-order valence-corrected chi connectivity index (χ4v) is 5.18. The molecule has 1 heterocycles. The van der Waals surface area contributed by atoms with Crippen LogP contribution in [0.15, 0.2) is 65.1 Å². The van der Waals surface area contributed by atoms with Gasteiger partial charge in [0.05, 0.1) is 6.10 Å². The van der Waals surface area contributed by atoms with Crippen LogP contribution < -0.4 is 0 Å². The lowest BCUT2D eigenvalue weighted by Gasteiger charge is -2.26. The van der Waals surface area contributed by atoms with Gasteiger partial charge in [-0.3, -0.25) is 0 Å². The van der Waals surface area contributed by atoms with Crippen molar-refractivity contribution in [1.29, 1.82) is 0 Å². The van der Waals surface area contributed by atoms with Crippen LogP contribution in [0.2, 0.25) is 0 Å². The Morgan fingerprint density at radius 3 is 2.05 bits per heavy atom. The minimum absolute atomic E-state index is 0.0188. The van der Waals surface area contributed by atoms with Crippen LogP contribution in [-0.4, -0.2) is 40.9 Å². The van der Waals surface area contributed by atoms with Crippen molar-refractivity contribution in [1.82, 2.24) is 0 Å². The standard InChI is InChI=1S/C28H20O9/c29-13-4-1-11(2-5-13)21-23-18(33)10-19(34)27(36)24(23)25-22-15(26(21)35)8-14(30)9-20(22)37-28(25)12-3-6-16(31)17(32)7-12/h1-10,21,26,29-36H/t21-,26-/m1/s1. The number of aliphatic hydroxyl groups is 1. The van der Waals surface area contributed by atoms with Gasteiger partial charge >= 0.3 is 0 Å². The molecule has 2 atom stereocenters. The molecule has 9 nitrogen and oxygen atoms in total. The van der Waals surface area contributed by atoms with Crippen LogP contribution in [0, 0.1) is 0 Å². The number of benzene rings is 4. The first-order chi connectivity index (χ1) is 17.7. The number of aromatic hydroxyl groups is 7. The molecule has 0 fully saturated rings. The van der Waals surface area contributed by atoms with E-state index in [1.807, 2.05) is 0 Å². The molecule has 1 aromatic heterocycles. The third-order valence-corrected chi connectivity index (χ3v) is 6.79. The van der Waals surface area contributed by atoms with Crippen LogP contribution >= 0.6 is 0 Å². The molecule has 1 aliphatic rings. The Labute approximate surface area is 208 Å². The van der Waals surface area contributed by atoms with Crippen LogP contribution in [0.1, 0.15) is 28.7 Å². The summed E-state index contributed by atoms with van der Waals surface area (Å²) in [5.41, 5.74) is 1.32. The molecule has 0 amide bonds. The van der Waals surface area contributed by atoms with E-state index in [1.54, 1.807) is 12.1 Å². The number of rotatable bonds is 2. The molecular formula is C28H20O9. The summed E-state index contributed by atoms with van der Waals surface area (Å²) < 4.78 is 6.05. The Morgan fingerprint density at radius 1 is 0.622 bits per heavy atom. The molecule has 37 heavy (non-hydrogen) atoms. The topological polar surface area (TPSA) is 175 Å². The summed E-state index contributed by atoms with van der Waals surface area (Å²) in [5, 5.41) is 85.0. The monoisotopic (exact) mass is 500 g/mol. The highest BCUT2D eigenvalue weighted by Gasteiger charge is 2.40. The molecule has 0 radical (unpaired) electrons. The molecule has 8 N–H and O–H groups in total. The Morgan fingerprint density at radius 2 is 1.35 bits per heavy atom. The molecule has 0 saturated heterocycles. The third kappa shape index (κ3) is 3.21. The molecule has 0 spiro atoms. The molecular weight excluding hydrogens is 480 g/mol. The van der Waals surface area contributed by atoms with Gasteiger partial charge in [0.15, 0.2) is 23.0 Å². The van der Waals surface area contributed by atoms with Gasteiger partial charge in [-0.15, -0.1) is 0 Å². The summed E-state index contributed by atoms with van der Waals surface area (Å²) in [6.45, 7) is 0. The van der Waals surface area contributed by atoms with Crippen molar-refractivity contribution in [2.45, 2.75) is 12.0 Å². The minimum Gasteiger partial charge on any atom is -0.508 e. The summed E-state index contributed by atoms with van der Waals surface area (Å²) in [7, 11) is 0. The smallest absolute Gasteiger partial charge is 0.166 e. The number of phenols is 7. The van der Waals surface area contributed by atoms with E-state index in [0.717, 1.165) is 6.07 Å². The van der Waals surface area contributed by atoms with Gasteiger partial charge in [-0.1, -0.05) is 12.1 Å². The summed E-state index contributed by atoms with van der Waals surface area (Å²) in [6.07, 6.45) is -1.38. The van der Waals surface area contributed by atoms with E-state index in [4.69, 9.17) is 4.42 Å². The van der Waals surface area contributed by atoms with Gasteiger partial charge < -0.3 is 45.3 Å². The number of hydrogen-bond donors (Lipinski definition) is 8. The van der Waals surface area contributed by atoms with E-state index in [-0.39, 0.29) is 56.4 Å². The first-order valence-electron chi connectivity index (χ1n) is 11.2. The normalized spacial score (nSPS) is 16.5. The second-order valence-electron chi connectivity index (χ2n) is 8.98. The lowest BCUT2D eigenvalue weighted by molar-refractivity contribution is 0.159. The van der Waals surface area contributed by atoms with E-state index in [0.29, 0.717) is 10.9 Å². The minimum atomic E-state index is -1.38. The lowest BCUT2D eigenvalue weighted by Crippen LogP contribution is -2.12. The Hall–Kier alpha value is -5.02. The summed E-state index contributed by atoms with van der Waals surface area (Å²) >= 11 is 0. The van der Waals surface area contributed by atoms with Gasteiger partial charge in [0.25, 0.3) is 0 Å². The predicted octanol–water partition coefficient (Wildman–Crippen LogP) is 4.88. The van der Waals surface area contributed by atoms with Crippen molar-refractivity contribution in [3.8, 4) is 62.7 Å². The molecule has 0 saturated carbocycles. The van der Waals surface area contributed by atoms with Crippen LogP contribution in [-0.2, 0) is 0 Å². The average Bonchev–Trinajstić information content (AvgIpc) is 3.18. The van der Waals surface area contributed by atoms with Gasteiger partial charge in [0.1, 0.15) is 28.6 Å². The summed E-state index contributed by atoms with van der Waals surface area (Å²) in [4.78, 5) is 0. The molecule has 0 unspecified atom stereocenters. The number of furan rings is 1. The highest BCUT2D eigenvalue weighted by atomic mass is 16.3. The Bertz CT molecular complexity index is 1720. The van der Waals surface area contributed by atoms with E-state index >= 15 is 0 Å². The first kappa shape index (κ1) is 22.4. The molecule has 4 aromatic carbocycles. The SMILES string of the molecule is Oc1ccc([C@@H]2c3c(O)cc(O)c(O)c3-c3c(-c4ccc(O)c(O)c4)oc4cc(O)cc(c34)[C@H]2O)cc1. The highest BCUT2D eigenvalue weighted by molar-refractivity contribution is 6.08. The van der Waals surface area contributed by atoms with Crippen LogP contribution in [0.3, 0.4) is 0 Å². The molecule has 0 aliphatic heterocycles. The zero-order valence-electron chi connectivity index (χ0n) is 18.9. The number of hydrogen-bond acceptors (Lipinski definition) is 9. The Balaban J connectivity index is 1.80. The fourth-order valence-electron chi connectivity index (χ4n) is 5.18. The molecule has 0 bridgehead atoms. The van der Waals surface area contributed by atoms with E-state index in [9.17, 15) is 40.9 Å². The average molecular weight is 500 g/mol. The number of fused-ring (bicyclic) bond motifs is 2. The maximum absolute atomic E-state index is 11.7. The molecule has 1 aliphatic carbocycles. The van der Waals surface area contributed by atoms with Crippen molar-refractivity contribution in [2.75, 3.05) is 0 Å². The van der Waals surface area contributed by atoms with Gasteiger partial charge in [-0.2, -0.15) is 0 Å². The van der Waals surface area contributed by atoms with E-state index < -0.39 is 35.0 Å². The molecule has 9 heteroatoms. The van der Waals surface area contributed by atoms with E-state index in [2.05, 4.69) is 0 Å². The van der Waals surface area contributed by atoms with Crippen LogP contribution in [0.5, 0.6) is 40.2 Å². The van der Waals surface area contributed by atoms with Crippen LogP contribution in [0.4, 0.5) is 0 Å². The molecule has 186 valence electrons. The second kappa shape index (κ2) is 7.74. The van der Waals surface area contributed by atoms with Crippen molar-refractivity contribution in [3.05, 3.63) is 77.4 Å². The molecule has 5 aromatic rings. The summed E-state index contributed by atoms with van der Waals surface area (Å²) in [6, 6.07) is 13.5. The van der Waals surface area contributed by atoms with Crippen molar-refractivity contribution in [3.63, 3.8) is 0 Å². The maximum atomic E-state index is 11.7. The van der Waals surface area contributed by atoms with Gasteiger partial charge in [0, 0.05) is 45.7 Å². The van der Waals surface area contributed by atoms with Gasteiger partial charge in [0.2, 0.25) is 0 Å². The molecule has 6 rings (SSSR count). The zero-order chi connectivity index (χ0) is 26.2. The summed E-state index contributed by atoms with van der Waals surface area (Å²) in [5.74, 6) is -3.60. The van der Waals surface area contributed by atoms with Crippen molar-refractivity contribution >= 4 is 11.0 Å². The quantitative estimate of drug-likeness (QED) is 0.124. The van der Waals surface area contributed by atoms with Gasteiger partial charge in [-0.05, 0) is 47.5 Å². The zero-order valence-corrected chi connectivity index (χ0v) is 18.9. The second-order valence-corrected chi connectivity index (χ2v) is 8.98. The van der Waals surface area contributed by atoms with Crippen molar-refractivity contribution in [2.24, 2.45) is 0 Å².